The van der Waals surface area contributed by atoms with Gasteiger partial charge in [-0.05, 0) is 45.7 Å². The number of halogens is 1. The Kier molecular flexibility index (Phi) is 6.66. The van der Waals surface area contributed by atoms with Gasteiger partial charge in [-0.25, -0.2) is 14.2 Å². The molecule has 0 spiro atoms. The van der Waals surface area contributed by atoms with E-state index in [-0.39, 0.29) is 18.0 Å². The standard InChI is InChI=1S/C18H28FN7O2/c1-18(2,3)28-17(27)23-12-6-8-26(9-7-12)14-5-4-11(19)10-13(14)24-16(22)25-15(20)21/h4-5,10,12H,6-9H2,1-3H3,(H,23,27)(H6,20,21,22,24,25). The second-order valence-electron chi connectivity index (χ2n) is 7.55. The molecule has 0 aromatic heterocycles. The van der Waals surface area contributed by atoms with E-state index in [1.807, 2.05) is 25.7 Å². The van der Waals surface area contributed by atoms with Crippen molar-refractivity contribution < 1.29 is 13.9 Å². The molecule has 0 bridgehead atoms. The Morgan fingerprint density at radius 3 is 2.46 bits per heavy atom. The minimum Gasteiger partial charge on any atom is -0.444 e. The topological polar surface area (TPSA) is 144 Å². The fourth-order valence-corrected chi connectivity index (χ4v) is 2.87. The molecule has 2 rings (SSSR count). The largest absolute Gasteiger partial charge is 0.444 e. The van der Waals surface area contributed by atoms with E-state index in [9.17, 15) is 9.18 Å². The molecule has 0 radical (unpaired) electrons. The second-order valence-corrected chi connectivity index (χ2v) is 7.55. The quantitative estimate of drug-likeness (QED) is 0.453. The van der Waals surface area contributed by atoms with Crippen LogP contribution in [0.25, 0.3) is 0 Å². The van der Waals surface area contributed by atoms with E-state index < -0.39 is 17.5 Å². The van der Waals surface area contributed by atoms with Crippen molar-refractivity contribution in [3.05, 3.63) is 24.0 Å². The van der Waals surface area contributed by atoms with Gasteiger partial charge in [0.2, 0.25) is 5.96 Å². The summed E-state index contributed by atoms with van der Waals surface area (Å²) in [6.07, 6.45) is 0.995. The zero-order valence-electron chi connectivity index (χ0n) is 16.4. The van der Waals surface area contributed by atoms with Gasteiger partial charge >= 0.3 is 6.09 Å². The lowest BCUT2D eigenvalue weighted by molar-refractivity contribution is 0.0497. The lowest BCUT2D eigenvalue weighted by atomic mass is 10.0. The molecule has 28 heavy (non-hydrogen) atoms. The van der Waals surface area contributed by atoms with E-state index in [1.165, 1.54) is 12.1 Å². The van der Waals surface area contributed by atoms with Crippen LogP contribution in [0.15, 0.2) is 28.2 Å². The molecule has 7 N–H and O–H groups in total. The summed E-state index contributed by atoms with van der Waals surface area (Å²) in [6.45, 7) is 6.76. The van der Waals surface area contributed by atoms with E-state index in [1.54, 1.807) is 6.07 Å². The minimum atomic E-state index is -0.541. The van der Waals surface area contributed by atoms with Crippen LogP contribution in [-0.2, 0) is 4.74 Å². The molecule has 1 aromatic rings. The average Bonchev–Trinajstić information content (AvgIpc) is 2.53. The van der Waals surface area contributed by atoms with Crippen molar-refractivity contribution in [2.45, 2.75) is 45.3 Å². The minimum absolute atomic E-state index is 0.00482. The predicted molar refractivity (Wildman–Crippen MR) is 108 cm³/mol. The monoisotopic (exact) mass is 393 g/mol. The lowest BCUT2D eigenvalue weighted by Gasteiger charge is -2.34. The number of benzene rings is 1. The third-order valence-electron chi connectivity index (χ3n) is 3.97. The number of alkyl carbamates (subject to hydrolysis) is 1. The summed E-state index contributed by atoms with van der Waals surface area (Å²) in [5.41, 5.74) is 16.8. The first-order valence-corrected chi connectivity index (χ1v) is 9.01. The van der Waals surface area contributed by atoms with E-state index in [0.717, 1.165) is 0 Å². The van der Waals surface area contributed by atoms with Crippen molar-refractivity contribution in [2.24, 2.45) is 27.2 Å². The normalized spacial score (nSPS) is 15.9. The highest BCUT2D eigenvalue weighted by molar-refractivity contribution is 5.94. The smallest absolute Gasteiger partial charge is 0.407 e. The molecule has 154 valence electrons. The van der Waals surface area contributed by atoms with Gasteiger partial charge in [-0.15, -0.1) is 0 Å². The maximum absolute atomic E-state index is 13.7. The molecule has 1 aromatic carbocycles. The third-order valence-corrected chi connectivity index (χ3v) is 3.97. The summed E-state index contributed by atoms with van der Waals surface area (Å²) in [5.74, 6) is -0.831. The van der Waals surface area contributed by atoms with Crippen molar-refractivity contribution in [3.8, 4) is 0 Å². The molecule has 0 atom stereocenters. The number of rotatable bonds is 3. The zero-order valence-corrected chi connectivity index (χ0v) is 16.4. The summed E-state index contributed by atoms with van der Waals surface area (Å²) in [7, 11) is 0. The highest BCUT2D eigenvalue weighted by Crippen LogP contribution is 2.31. The molecule has 10 heteroatoms. The molecular weight excluding hydrogens is 365 g/mol. The Hall–Kier alpha value is -3.04. The summed E-state index contributed by atoms with van der Waals surface area (Å²) >= 11 is 0. The van der Waals surface area contributed by atoms with E-state index in [4.69, 9.17) is 21.9 Å². The van der Waals surface area contributed by atoms with Crippen LogP contribution in [0, 0.1) is 5.82 Å². The number of hydrogen-bond acceptors (Lipinski definition) is 4. The number of anilines is 1. The van der Waals surface area contributed by atoms with Crippen LogP contribution >= 0.6 is 0 Å². The van der Waals surface area contributed by atoms with E-state index in [0.29, 0.717) is 37.3 Å². The van der Waals surface area contributed by atoms with Crippen LogP contribution < -0.4 is 27.4 Å². The SMILES string of the molecule is CC(C)(C)OC(=O)NC1CCN(c2ccc(F)cc2N=C(N)N=C(N)N)CC1. The summed E-state index contributed by atoms with van der Waals surface area (Å²) in [4.78, 5) is 21.8. The van der Waals surface area contributed by atoms with Gasteiger partial charge in [0, 0.05) is 25.2 Å². The number of hydrogen-bond donors (Lipinski definition) is 4. The van der Waals surface area contributed by atoms with Crippen LogP contribution in [0.3, 0.4) is 0 Å². The van der Waals surface area contributed by atoms with Gasteiger partial charge in [-0.3, -0.25) is 0 Å². The molecule has 1 aliphatic rings. The van der Waals surface area contributed by atoms with Crippen LogP contribution in [0.4, 0.5) is 20.6 Å². The number of nitrogens with zero attached hydrogens (tertiary/aromatic N) is 3. The highest BCUT2D eigenvalue weighted by Gasteiger charge is 2.24. The highest BCUT2D eigenvalue weighted by atomic mass is 19.1. The number of guanidine groups is 2. The molecule has 1 fully saturated rings. The number of ether oxygens (including phenoxy) is 1. The molecule has 1 aliphatic heterocycles. The molecule has 1 amide bonds. The number of aliphatic imine (C=N–C) groups is 2. The molecule has 0 aliphatic carbocycles. The first kappa shape index (κ1) is 21.3. The van der Waals surface area contributed by atoms with Crippen LogP contribution in [-0.4, -0.2) is 42.7 Å². The maximum atomic E-state index is 13.7. The Labute approximate surface area is 163 Å². The number of piperidine rings is 1. The maximum Gasteiger partial charge on any atom is 0.407 e. The Morgan fingerprint density at radius 1 is 1.25 bits per heavy atom. The van der Waals surface area contributed by atoms with E-state index >= 15 is 0 Å². The van der Waals surface area contributed by atoms with Crippen molar-refractivity contribution >= 4 is 29.4 Å². The van der Waals surface area contributed by atoms with Gasteiger partial charge in [-0.2, -0.15) is 4.99 Å². The van der Waals surface area contributed by atoms with Gasteiger partial charge in [-0.1, -0.05) is 0 Å². The summed E-state index contributed by atoms with van der Waals surface area (Å²) in [6, 6.07) is 4.27. The third kappa shape index (κ3) is 6.60. The van der Waals surface area contributed by atoms with Crippen LogP contribution in [0.2, 0.25) is 0 Å². The van der Waals surface area contributed by atoms with Crippen molar-refractivity contribution in [1.29, 1.82) is 0 Å². The van der Waals surface area contributed by atoms with Gasteiger partial charge in [0.25, 0.3) is 0 Å². The number of carbonyl (C=O) groups is 1. The summed E-state index contributed by atoms with van der Waals surface area (Å²) in [5, 5.41) is 2.88. The molecule has 0 unspecified atom stereocenters. The Balaban J connectivity index is 2.06. The average molecular weight is 393 g/mol. The summed E-state index contributed by atoms with van der Waals surface area (Å²) < 4.78 is 19.0. The molecule has 0 saturated carbocycles. The molecule has 1 saturated heterocycles. The van der Waals surface area contributed by atoms with Crippen LogP contribution in [0.1, 0.15) is 33.6 Å². The number of carbonyl (C=O) groups excluding carboxylic acids is 1. The lowest BCUT2D eigenvalue weighted by Crippen LogP contribution is -2.46. The molecule has 9 nitrogen and oxygen atoms in total. The first-order valence-electron chi connectivity index (χ1n) is 9.01. The van der Waals surface area contributed by atoms with Crippen LogP contribution in [0.5, 0.6) is 0 Å². The van der Waals surface area contributed by atoms with E-state index in [2.05, 4.69) is 15.3 Å². The second kappa shape index (κ2) is 8.77. The zero-order chi connectivity index (χ0) is 20.9. The Morgan fingerprint density at radius 2 is 1.89 bits per heavy atom. The van der Waals surface area contributed by atoms with Gasteiger partial charge in [0.15, 0.2) is 5.96 Å². The fraction of sp³-hybridized carbons (Fsp3) is 0.500. The van der Waals surface area contributed by atoms with Crippen molar-refractivity contribution in [3.63, 3.8) is 0 Å². The molecular formula is C18H28FN7O2. The first-order chi connectivity index (χ1) is 13.0. The Bertz CT molecular complexity index is 762. The van der Waals surface area contributed by atoms with Gasteiger partial charge in [0.1, 0.15) is 11.4 Å². The van der Waals surface area contributed by atoms with Crippen molar-refractivity contribution in [1.82, 2.24) is 5.32 Å². The van der Waals surface area contributed by atoms with Gasteiger partial charge in [0.05, 0.1) is 11.4 Å². The predicted octanol–water partition coefficient (Wildman–Crippen LogP) is 1.54. The number of nitrogens with one attached hydrogen (secondary N) is 1. The molecule has 1 heterocycles. The number of nitrogens with two attached hydrogens (primary N) is 3. The van der Waals surface area contributed by atoms with Crippen molar-refractivity contribution in [2.75, 3.05) is 18.0 Å². The number of amides is 1. The fourth-order valence-electron chi connectivity index (χ4n) is 2.87. The van der Waals surface area contributed by atoms with Gasteiger partial charge < -0.3 is 32.2 Å².